The molecular weight excluding hydrogens is 923 g/mol. The van der Waals surface area contributed by atoms with E-state index in [1.54, 1.807) is 12.5 Å². The van der Waals surface area contributed by atoms with Crippen molar-refractivity contribution in [1.82, 2.24) is 20.6 Å². The highest BCUT2D eigenvalue weighted by molar-refractivity contribution is 5.87. The van der Waals surface area contributed by atoms with E-state index in [0.29, 0.717) is 70.8 Å². The standard InChI is InChI=1S/C55H85N5O12/c1-48(26-61)17-19-53(47(69)70)20-18-50(3)31(32(53)22-48)9-10-35-51(50,4)15-12-34-49(2,27-62)43(72-45-41(66)39(64)33(63)25-71-45)40(65)37(52(34,35)5)30-11-16-55(36-24-58-28-59-36,21-29(23-57-6)44(56)67)42-38(30)54(46(68)60-42)13-7-8-14-54/h9,11,16,24,28-30,32-35,37-45,57,61-67H,7-8,10,12-15,17-23,25-27,56H2,1-6H3,(H,58,59)(H,60,68)(H,69,70). The van der Waals surface area contributed by atoms with Crippen LogP contribution < -0.4 is 16.4 Å². The van der Waals surface area contributed by atoms with Gasteiger partial charge in [0.1, 0.15) is 24.5 Å². The number of nitrogens with one attached hydrogen (secondary N) is 3. The maximum Gasteiger partial charge on any atom is 0.310 e. The zero-order valence-corrected chi connectivity index (χ0v) is 43.3. The third kappa shape index (κ3) is 7.13. The largest absolute Gasteiger partial charge is 0.481 e. The monoisotopic (exact) mass is 1010 g/mol. The summed E-state index contributed by atoms with van der Waals surface area (Å²) in [6, 6.07) is -0.531. The van der Waals surface area contributed by atoms with Crippen LogP contribution in [0.5, 0.6) is 0 Å². The predicted molar refractivity (Wildman–Crippen MR) is 264 cm³/mol. The number of hydrogen-bond donors (Lipinski definition) is 12. The lowest BCUT2D eigenvalue weighted by molar-refractivity contribution is -0.343. The highest BCUT2D eigenvalue weighted by Gasteiger charge is 2.76. The second kappa shape index (κ2) is 18.2. The Morgan fingerprint density at radius 2 is 1.68 bits per heavy atom. The summed E-state index contributed by atoms with van der Waals surface area (Å²) in [6.07, 6.45) is 8.67. The lowest BCUT2D eigenvalue weighted by Crippen LogP contribution is -2.74. The number of nitrogens with zero attached hydrogens (tertiary/aromatic N) is 1. The fourth-order valence-electron chi connectivity index (χ4n) is 19.1. The predicted octanol–water partition coefficient (Wildman–Crippen LogP) is 2.86. The molecule has 1 aromatic rings. The van der Waals surface area contributed by atoms with E-state index < -0.39 is 122 Å². The van der Waals surface area contributed by atoms with Crippen molar-refractivity contribution >= 4 is 11.9 Å². The molecule has 22 atom stereocenters. The molecule has 17 heteroatoms. The molecule has 22 unspecified atom stereocenters. The first-order valence-electron chi connectivity index (χ1n) is 27.2. The molecule has 13 N–H and O–H groups in total. The molecule has 2 aliphatic heterocycles. The Labute approximate surface area is 424 Å². The molecule has 1 aromatic heterocycles. The maximum absolute atomic E-state index is 15.2. The van der Waals surface area contributed by atoms with Crippen LogP contribution in [0.1, 0.15) is 124 Å². The van der Waals surface area contributed by atoms with Crippen molar-refractivity contribution < 1.29 is 59.9 Å². The Bertz CT molecular complexity index is 2280. The van der Waals surface area contributed by atoms with Gasteiger partial charge in [-0.05, 0) is 129 Å². The minimum Gasteiger partial charge on any atom is -0.481 e. The van der Waals surface area contributed by atoms with Crippen LogP contribution in [0, 0.1) is 79.3 Å². The Balaban J connectivity index is 1.18. The molecule has 5 saturated carbocycles. The third-order valence-corrected chi connectivity index (χ3v) is 23.2. The third-order valence-electron chi connectivity index (χ3n) is 23.2. The van der Waals surface area contributed by atoms with Crippen LogP contribution >= 0.6 is 0 Å². The summed E-state index contributed by atoms with van der Waals surface area (Å²) >= 11 is 0. The van der Waals surface area contributed by atoms with Gasteiger partial charge < -0.3 is 71.7 Å². The van der Waals surface area contributed by atoms with E-state index in [1.807, 2.05) is 14.0 Å². The number of rotatable bonds is 12. The number of aromatic amines is 1. The van der Waals surface area contributed by atoms with Gasteiger partial charge in [-0.2, -0.15) is 0 Å². The average Bonchev–Trinajstić information content (AvgIpc) is 4.14. The minimum absolute atomic E-state index is 0.0195. The highest BCUT2D eigenvalue weighted by Crippen LogP contribution is 2.78. The zero-order valence-electron chi connectivity index (χ0n) is 43.3. The van der Waals surface area contributed by atoms with Gasteiger partial charge in [0, 0.05) is 48.3 Å². The number of hydrogen-bond acceptors (Lipinski definition) is 14. The summed E-state index contributed by atoms with van der Waals surface area (Å²) in [7, 11) is 1.82. The molecule has 0 bridgehead atoms. The number of allylic oxidation sites excluding steroid dienone is 3. The number of imidazole rings is 1. The fourth-order valence-corrected chi connectivity index (χ4v) is 19.1. The second-order valence-electron chi connectivity index (χ2n) is 26.1. The Morgan fingerprint density at radius 3 is 2.32 bits per heavy atom. The van der Waals surface area contributed by atoms with Crippen LogP contribution in [0.15, 0.2) is 36.3 Å². The highest BCUT2D eigenvalue weighted by atomic mass is 16.7. The Morgan fingerprint density at radius 1 is 0.958 bits per heavy atom. The van der Waals surface area contributed by atoms with Crippen LogP contribution in [0.3, 0.4) is 0 Å². The van der Waals surface area contributed by atoms with Crippen molar-refractivity contribution in [2.45, 2.75) is 173 Å². The Kier molecular flexibility index (Phi) is 13.3. The number of carboxylic acid groups (broad SMARTS) is 1. The minimum atomic E-state index is -1.65. The van der Waals surface area contributed by atoms with Crippen molar-refractivity contribution in [2.75, 3.05) is 33.4 Å². The van der Waals surface area contributed by atoms with Crippen molar-refractivity contribution in [3.63, 3.8) is 0 Å². The van der Waals surface area contributed by atoms with Crippen molar-refractivity contribution in [3.05, 3.63) is 42.0 Å². The molecule has 1 amide bonds. The van der Waals surface area contributed by atoms with E-state index >= 15 is 4.79 Å². The first-order valence-corrected chi connectivity index (χ1v) is 27.2. The topological polar surface area (TPSA) is 293 Å². The first-order chi connectivity index (χ1) is 34.0. The van der Waals surface area contributed by atoms with Gasteiger partial charge in [-0.1, -0.05) is 71.3 Å². The van der Waals surface area contributed by atoms with Gasteiger partial charge in [0.05, 0.1) is 48.0 Å². The Hall–Kier alpha value is -2.81. The number of nitrogens with two attached hydrogens (primary N) is 1. The average molecular weight is 1010 g/mol. The van der Waals surface area contributed by atoms with Crippen LogP contribution in [0.2, 0.25) is 0 Å². The summed E-state index contributed by atoms with van der Waals surface area (Å²) in [5.41, 5.74) is 2.41. The van der Waals surface area contributed by atoms with Crippen LogP contribution in [-0.2, 0) is 24.5 Å². The van der Waals surface area contributed by atoms with Crippen LogP contribution in [0.4, 0.5) is 0 Å². The van der Waals surface area contributed by atoms with Gasteiger partial charge in [-0.15, -0.1) is 0 Å². The van der Waals surface area contributed by atoms with E-state index in [4.69, 9.17) is 15.2 Å². The van der Waals surface area contributed by atoms with E-state index in [-0.39, 0.29) is 43.5 Å². The van der Waals surface area contributed by atoms with Gasteiger partial charge in [0.25, 0.3) is 0 Å². The van der Waals surface area contributed by atoms with E-state index in [1.165, 1.54) is 5.57 Å². The molecule has 402 valence electrons. The second-order valence-corrected chi connectivity index (χ2v) is 26.1. The number of aliphatic carboxylic acids is 1. The smallest absolute Gasteiger partial charge is 0.310 e. The van der Waals surface area contributed by atoms with E-state index in [9.17, 15) is 45.6 Å². The van der Waals surface area contributed by atoms with Crippen molar-refractivity contribution in [3.8, 4) is 0 Å². The van der Waals surface area contributed by atoms with Gasteiger partial charge in [0.2, 0.25) is 5.91 Å². The lowest BCUT2D eigenvalue weighted by atomic mass is 9.30. The van der Waals surface area contributed by atoms with Crippen LogP contribution in [0.25, 0.3) is 0 Å². The molecule has 9 aliphatic rings. The first kappa shape index (κ1) is 52.6. The fraction of sp³-hybridized carbons (Fsp3) is 0.836. The van der Waals surface area contributed by atoms with Gasteiger partial charge >= 0.3 is 5.97 Å². The van der Waals surface area contributed by atoms with Crippen molar-refractivity contribution in [2.24, 2.45) is 85.1 Å². The number of carbonyl (C=O) groups excluding carboxylic acids is 1. The maximum atomic E-state index is 15.2. The molecule has 2 saturated heterocycles. The number of aliphatic hydroxyl groups excluding tert-OH is 7. The number of carboxylic acids is 1. The molecular formula is C55H85N5O12. The van der Waals surface area contributed by atoms with Gasteiger partial charge in [0.15, 0.2) is 6.29 Å². The van der Waals surface area contributed by atoms with E-state index in [0.717, 1.165) is 25.0 Å². The summed E-state index contributed by atoms with van der Waals surface area (Å²) in [5, 5.41) is 98.5. The van der Waals surface area contributed by atoms with Gasteiger partial charge in [-0.25, -0.2) is 4.98 Å². The number of amides is 1. The summed E-state index contributed by atoms with van der Waals surface area (Å²) in [5.74, 6) is -3.42. The molecule has 17 nitrogen and oxygen atoms in total. The SMILES string of the molecule is CNCC(CC1(c2cnc[nH]2)C=CC(C2C(O)C(OC3OCC(O)C(O)C3O)C(C)(CO)C3CCC4(C)C(CC=C5C6CC(C)(CO)CCC6(C(=O)O)CCC54C)C23C)C2C1NC(=O)C21CCCC1)C(N)O. The molecule has 7 aliphatic carbocycles. The molecule has 1 spiro atoms. The molecule has 10 rings (SSSR count). The summed E-state index contributed by atoms with van der Waals surface area (Å²) in [4.78, 5) is 36.7. The number of fused-ring (bicyclic) bond motifs is 9. The number of aromatic nitrogens is 2. The number of aliphatic hydroxyl groups is 7. The lowest BCUT2D eigenvalue weighted by Gasteiger charge is -2.74. The number of ether oxygens (including phenoxy) is 2. The zero-order chi connectivity index (χ0) is 51.8. The molecule has 72 heavy (non-hydrogen) atoms. The molecule has 0 radical (unpaired) electrons. The van der Waals surface area contributed by atoms with Crippen LogP contribution in [-0.4, -0.2) is 145 Å². The van der Waals surface area contributed by atoms with Gasteiger partial charge in [-0.3, -0.25) is 9.59 Å². The number of carbonyl (C=O) groups is 2. The normalized spacial score (nSPS) is 50.2. The molecule has 7 fully saturated rings. The molecule has 0 aromatic carbocycles. The summed E-state index contributed by atoms with van der Waals surface area (Å²) in [6.45, 7) is 10.8. The quantitative estimate of drug-likeness (QED) is 0.0815. The van der Waals surface area contributed by atoms with E-state index in [2.05, 4.69) is 66.5 Å². The van der Waals surface area contributed by atoms with Crippen molar-refractivity contribution in [1.29, 1.82) is 0 Å². The number of H-pyrrole nitrogens is 1. The summed E-state index contributed by atoms with van der Waals surface area (Å²) < 4.78 is 12.8. The molecule has 3 heterocycles.